The number of aromatic nitrogens is 1. The number of oxazole rings is 1. The highest BCUT2D eigenvalue weighted by atomic mass is 19.1. The van der Waals surface area contributed by atoms with Crippen LogP contribution in [0.2, 0.25) is 0 Å². The first-order valence-corrected chi connectivity index (χ1v) is 9.52. The number of rotatable bonds is 5. The highest BCUT2D eigenvalue weighted by molar-refractivity contribution is 5.78. The van der Waals surface area contributed by atoms with Gasteiger partial charge in [-0.1, -0.05) is 36.4 Å². The lowest BCUT2D eigenvalue weighted by Gasteiger charge is -2.26. The highest BCUT2D eigenvalue weighted by Crippen LogP contribution is 2.25. The average Bonchev–Trinajstić information content (AvgIpc) is 3.21. The van der Waals surface area contributed by atoms with Crippen LogP contribution in [0.5, 0.6) is 0 Å². The van der Waals surface area contributed by atoms with Gasteiger partial charge in [-0.15, -0.1) is 0 Å². The number of halogens is 2. The largest absolute Gasteiger partial charge is 0.441 e. The van der Waals surface area contributed by atoms with Gasteiger partial charge in [0.2, 0.25) is 5.91 Å². The molecule has 0 fully saturated rings. The molecule has 2 aromatic carbocycles. The smallest absolute Gasteiger partial charge is 0.223 e. The first kappa shape index (κ1) is 19.1. The van der Waals surface area contributed by atoms with E-state index in [1.165, 1.54) is 23.4 Å². The Morgan fingerprint density at radius 2 is 1.97 bits per heavy atom. The Balaban J connectivity index is 1.34. The number of carbonyl (C=O) groups is 1. The van der Waals surface area contributed by atoms with Crippen molar-refractivity contribution in [3.8, 4) is 11.3 Å². The summed E-state index contributed by atoms with van der Waals surface area (Å²) in [5.74, 6) is -0.755. The second-order valence-corrected chi connectivity index (χ2v) is 6.93. The van der Waals surface area contributed by atoms with Gasteiger partial charge in [0.05, 0.1) is 11.8 Å². The van der Waals surface area contributed by atoms with Gasteiger partial charge in [-0.2, -0.15) is 0 Å². The molecule has 0 bridgehead atoms. The highest BCUT2D eigenvalue weighted by Gasteiger charge is 2.19. The van der Waals surface area contributed by atoms with E-state index in [1.807, 2.05) is 23.1 Å². The number of amides is 1. The van der Waals surface area contributed by atoms with Gasteiger partial charge in [-0.3, -0.25) is 4.79 Å². The van der Waals surface area contributed by atoms with E-state index in [0.717, 1.165) is 18.6 Å². The molecular formula is C23H20F2N2O2. The number of hydrogen-bond acceptors (Lipinski definition) is 3. The first-order chi connectivity index (χ1) is 14.1. The molecule has 0 aliphatic carbocycles. The second-order valence-electron chi connectivity index (χ2n) is 6.93. The summed E-state index contributed by atoms with van der Waals surface area (Å²) < 4.78 is 32.5. The van der Waals surface area contributed by atoms with Crippen LogP contribution >= 0.6 is 0 Å². The maximum absolute atomic E-state index is 13.9. The lowest BCUT2D eigenvalue weighted by Crippen LogP contribution is -2.34. The molecule has 2 heterocycles. The molecule has 1 aromatic heterocycles. The third-order valence-electron chi connectivity index (χ3n) is 5.01. The van der Waals surface area contributed by atoms with Crippen molar-refractivity contribution in [3.63, 3.8) is 0 Å². The van der Waals surface area contributed by atoms with Crippen LogP contribution in [0.15, 0.2) is 65.2 Å². The minimum atomic E-state index is -0.710. The van der Waals surface area contributed by atoms with Crippen molar-refractivity contribution in [3.05, 3.63) is 83.9 Å². The minimum Gasteiger partial charge on any atom is -0.441 e. The Morgan fingerprint density at radius 3 is 2.69 bits per heavy atom. The molecule has 0 atom stereocenters. The van der Waals surface area contributed by atoms with Crippen molar-refractivity contribution in [1.29, 1.82) is 0 Å². The quantitative estimate of drug-likeness (QED) is 0.620. The summed E-state index contributed by atoms with van der Waals surface area (Å²) in [5, 5.41) is 0. The van der Waals surface area contributed by atoms with Crippen LogP contribution in [-0.2, 0) is 11.2 Å². The van der Waals surface area contributed by atoms with Crippen molar-refractivity contribution < 1.29 is 18.0 Å². The Hall–Kier alpha value is -3.28. The molecule has 0 spiro atoms. The molecule has 4 rings (SSSR count). The van der Waals surface area contributed by atoms with Gasteiger partial charge in [0.15, 0.2) is 11.7 Å². The van der Waals surface area contributed by atoms with Gasteiger partial charge in [-0.05, 0) is 29.7 Å². The molecule has 0 saturated carbocycles. The molecule has 1 aliphatic rings. The summed E-state index contributed by atoms with van der Waals surface area (Å²) >= 11 is 0. The number of benzene rings is 2. The van der Waals surface area contributed by atoms with Gasteiger partial charge >= 0.3 is 0 Å². The van der Waals surface area contributed by atoms with E-state index < -0.39 is 11.6 Å². The monoisotopic (exact) mass is 394 g/mol. The Kier molecular flexibility index (Phi) is 5.51. The van der Waals surface area contributed by atoms with Crippen LogP contribution < -0.4 is 0 Å². The zero-order chi connectivity index (χ0) is 20.2. The van der Waals surface area contributed by atoms with Crippen molar-refractivity contribution in [2.45, 2.75) is 19.3 Å². The van der Waals surface area contributed by atoms with E-state index in [9.17, 15) is 13.6 Å². The molecule has 1 aliphatic heterocycles. The Morgan fingerprint density at radius 1 is 1.14 bits per heavy atom. The summed E-state index contributed by atoms with van der Waals surface area (Å²) in [6, 6.07) is 13.4. The third-order valence-corrected chi connectivity index (χ3v) is 5.01. The lowest BCUT2D eigenvalue weighted by atomic mass is 9.99. The van der Waals surface area contributed by atoms with Crippen molar-refractivity contribution >= 4 is 11.5 Å². The number of hydrogen-bond donors (Lipinski definition) is 0. The topological polar surface area (TPSA) is 46.3 Å². The molecule has 0 radical (unpaired) electrons. The zero-order valence-electron chi connectivity index (χ0n) is 15.8. The molecule has 0 N–H and O–H groups in total. The molecule has 148 valence electrons. The third kappa shape index (κ3) is 4.42. The van der Waals surface area contributed by atoms with Crippen LogP contribution in [0, 0.1) is 11.6 Å². The van der Waals surface area contributed by atoms with Crippen LogP contribution in [0.4, 0.5) is 8.78 Å². The molecule has 3 aromatic rings. The average molecular weight is 394 g/mol. The van der Waals surface area contributed by atoms with Crippen molar-refractivity contribution in [1.82, 2.24) is 9.88 Å². The van der Waals surface area contributed by atoms with E-state index in [4.69, 9.17) is 4.42 Å². The number of carbonyl (C=O) groups excluding carboxylic acids is 1. The molecular weight excluding hydrogens is 374 g/mol. The summed E-state index contributed by atoms with van der Waals surface area (Å²) in [6.07, 6.45) is 4.90. The molecule has 1 amide bonds. The minimum absolute atomic E-state index is 0.0288. The molecule has 29 heavy (non-hydrogen) atoms. The van der Waals surface area contributed by atoms with Crippen molar-refractivity contribution in [2.75, 3.05) is 13.1 Å². The van der Waals surface area contributed by atoms with Crippen molar-refractivity contribution in [2.24, 2.45) is 0 Å². The lowest BCUT2D eigenvalue weighted by molar-refractivity contribution is -0.130. The van der Waals surface area contributed by atoms with Crippen LogP contribution in [0.3, 0.4) is 0 Å². The molecule has 0 saturated heterocycles. The summed E-state index contributed by atoms with van der Waals surface area (Å²) in [6.45, 7) is 1.26. The van der Waals surface area contributed by atoms with E-state index in [0.29, 0.717) is 25.4 Å². The Bertz CT molecular complexity index is 1040. The van der Waals surface area contributed by atoms with Gasteiger partial charge in [-0.25, -0.2) is 13.8 Å². The van der Waals surface area contributed by atoms with Crippen LogP contribution in [0.25, 0.3) is 16.9 Å². The standard InChI is InChI=1S/C23H20F2N2O2/c24-18-6-7-19(20(25)14-18)21-15-26-22(29-21)8-9-23(28)27-12-10-17(11-13-27)16-4-2-1-3-5-16/h1-7,10,14-15H,8-9,11-13H2. The number of nitrogens with zero attached hydrogens (tertiary/aromatic N) is 2. The fourth-order valence-corrected chi connectivity index (χ4v) is 3.42. The predicted octanol–water partition coefficient (Wildman–Crippen LogP) is 4.87. The maximum atomic E-state index is 13.9. The second kappa shape index (κ2) is 8.39. The Labute approximate surface area is 167 Å². The molecule has 6 heteroatoms. The summed E-state index contributed by atoms with van der Waals surface area (Å²) in [7, 11) is 0. The first-order valence-electron chi connectivity index (χ1n) is 9.52. The van der Waals surface area contributed by atoms with Crippen LogP contribution in [-0.4, -0.2) is 28.9 Å². The van der Waals surface area contributed by atoms with Gasteiger partial charge in [0.1, 0.15) is 11.6 Å². The molecule has 0 unspecified atom stereocenters. The normalized spacial score (nSPS) is 14.0. The predicted molar refractivity (Wildman–Crippen MR) is 106 cm³/mol. The van der Waals surface area contributed by atoms with Gasteiger partial charge < -0.3 is 9.32 Å². The van der Waals surface area contributed by atoms with E-state index in [-0.39, 0.29) is 23.7 Å². The summed E-state index contributed by atoms with van der Waals surface area (Å²) in [5.41, 5.74) is 2.60. The number of aryl methyl sites for hydroxylation is 1. The fraction of sp³-hybridized carbons (Fsp3) is 0.217. The van der Waals surface area contributed by atoms with E-state index >= 15 is 0 Å². The SMILES string of the molecule is O=C(CCc1ncc(-c2ccc(F)cc2F)o1)N1CC=C(c2ccccc2)CC1. The van der Waals surface area contributed by atoms with Gasteiger partial charge in [0.25, 0.3) is 0 Å². The van der Waals surface area contributed by atoms with Gasteiger partial charge in [0, 0.05) is 32.0 Å². The van der Waals surface area contributed by atoms with E-state index in [1.54, 1.807) is 0 Å². The molecule has 4 nitrogen and oxygen atoms in total. The van der Waals surface area contributed by atoms with Crippen LogP contribution in [0.1, 0.15) is 24.3 Å². The summed E-state index contributed by atoms with van der Waals surface area (Å²) in [4.78, 5) is 18.4. The fourth-order valence-electron chi connectivity index (χ4n) is 3.42. The van der Waals surface area contributed by atoms with E-state index in [2.05, 4.69) is 23.2 Å². The zero-order valence-corrected chi connectivity index (χ0v) is 15.8. The maximum Gasteiger partial charge on any atom is 0.223 e.